The Labute approximate surface area is 143 Å². The van der Waals surface area contributed by atoms with Crippen molar-refractivity contribution in [2.45, 2.75) is 41.0 Å². The summed E-state index contributed by atoms with van der Waals surface area (Å²) in [5.41, 5.74) is 1.11. The van der Waals surface area contributed by atoms with Gasteiger partial charge >= 0.3 is 0 Å². The number of rotatable bonds is 8. The molecule has 0 saturated heterocycles. The van der Waals surface area contributed by atoms with Crippen molar-refractivity contribution in [1.29, 1.82) is 0 Å². The Balaban J connectivity index is 2.36. The van der Waals surface area contributed by atoms with Crippen LogP contribution in [0.3, 0.4) is 0 Å². The number of nitrogens with one attached hydrogen (secondary N) is 3. The molecule has 0 radical (unpaired) electrons. The second kappa shape index (κ2) is 10.2. The Morgan fingerprint density at radius 1 is 1.22 bits per heavy atom. The smallest absolute Gasteiger partial charge is 0.222 e. The number of aryl methyl sites for hydroxylation is 2. The maximum atomic E-state index is 11.5. The summed E-state index contributed by atoms with van der Waals surface area (Å²) < 4.78 is 0. The Kier molecular flexibility index (Phi) is 8.61. The van der Waals surface area contributed by atoms with Gasteiger partial charge in [-0.15, -0.1) is 11.3 Å². The van der Waals surface area contributed by atoms with E-state index in [0.29, 0.717) is 19.6 Å². The Morgan fingerprint density at radius 3 is 2.48 bits per heavy atom. The Hall–Kier alpha value is -1.63. The van der Waals surface area contributed by atoms with Gasteiger partial charge in [0.25, 0.3) is 0 Å². The van der Waals surface area contributed by atoms with Crippen molar-refractivity contribution in [3.63, 3.8) is 0 Å². The lowest BCUT2D eigenvalue weighted by molar-refractivity contribution is -0.123. The maximum absolute atomic E-state index is 11.5. The highest BCUT2D eigenvalue weighted by atomic mass is 32.1. The number of thiazole rings is 1. The summed E-state index contributed by atoms with van der Waals surface area (Å²) in [6, 6.07) is 0. The summed E-state index contributed by atoms with van der Waals surface area (Å²) in [5.74, 6) is 0.863. The molecule has 7 heteroatoms. The summed E-state index contributed by atoms with van der Waals surface area (Å²) in [6.45, 7) is 12.7. The van der Waals surface area contributed by atoms with Gasteiger partial charge in [0, 0.05) is 43.4 Å². The average Bonchev–Trinajstić information content (AvgIpc) is 2.81. The fourth-order valence-corrected chi connectivity index (χ4v) is 2.74. The van der Waals surface area contributed by atoms with Gasteiger partial charge in [-0.1, -0.05) is 13.8 Å². The van der Waals surface area contributed by atoms with Crippen LogP contribution in [0.2, 0.25) is 0 Å². The highest BCUT2D eigenvalue weighted by molar-refractivity contribution is 7.11. The topological polar surface area (TPSA) is 78.4 Å². The molecular formula is C16H29N5OS. The van der Waals surface area contributed by atoms with E-state index >= 15 is 0 Å². The molecule has 6 nitrogen and oxygen atoms in total. The first-order valence-corrected chi connectivity index (χ1v) is 8.98. The molecule has 0 aromatic carbocycles. The van der Waals surface area contributed by atoms with E-state index in [1.54, 1.807) is 11.3 Å². The number of nitrogens with zero attached hydrogens (tertiary/aromatic N) is 2. The molecule has 130 valence electrons. The molecule has 0 spiro atoms. The molecule has 0 saturated carbocycles. The highest BCUT2D eigenvalue weighted by Crippen LogP contribution is 2.16. The largest absolute Gasteiger partial charge is 0.357 e. The molecule has 1 aromatic rings. The van der Waals surface area contributed by atoms with E-state index in [2.05, 4.69) is 32.9 Å². The fraction of sp³-hybridized carbons (Fsp3) is 0.688. The summed E-state index contributed by atoms with van der Waals surface area (Å²) in [7, 11) is 0. The summed E-state index contributed by atoms with van der Waals surface area (Å²) in [4.78, 5) is 21.8. The molecule has 0 aliphatic heterocycles. The molecule has 23 heavy (non-hydrogen) atoms. The van der Waals surface area contributed by atoms with Crippen molar-refractivity contribution >= 4 is 23.2 Å². The van der Waals surface area contributed by atoms with Crippen LogP contribution in [-0.2, 0) is 11.2 Å². The van der Waals surface area contributed by atoms with Crippen LogP contribution in [-0.4, -0.2) is 43.0 Å². The molecule has 1 heterocycles. The van der Waals surface area contributed by atoms with E-state index in [-0.39, 0.29) is 11.8 Å². The Bertz CT molecular complexity index is 505. The molecule has 0 atom stereocenters. The predicted octanol–water partition coefficient (Wildman–Crippen LogP) is 1.63. The van der Waals surface area contributed by atoms with E-state index < -0.39 is 0 Å². The van der Waals surface area contributed by atoms with Crippen LogP contribution in [0.1, 0.15) is 36.3 Å². The molecule has 1 rings (SSSR count). The standard InChI is InChI=1S/C16H29N5OS/c1-6-17-16(20-10-9-18-15(22)11(2)3)19-8-7-14-21-12(4)13(5)23-14/h11H,6-10H2,1-5H3,(H,18,22)(H2,17,19,20). The normalized spacial score (nSPS) is 11.7. The van der Waals surface area contributed by atoms with Crippen LogP contribution >= 0.6 is 11.3 Å². The van der Waals surface area contributed by atoms with Crippen LogP contribution in [0.4, 0.5) is 0 Å². The van der Waals surface area contributed by atoms with Crippen LogP contribution in [0, 0.1) is 19.8 Å². The molecule has 0 aliphatic rings. The third-order valence-corrected chi connectivity index (χ3v) is 4.39. The number of guanidine groups is 1. The van der Waals surface area contributed by atoms with Crippen molar-refractivity contribution in [1.82, 2.24) is 20.9 Å². The highest BCUT2D eigenvalue weighted by Gasteiger charge is 2.06. The first-order chi connectivity index (χ1) is 10.9. The number of carbonyl (C=O) groups excluding carboxylic acids is 1. The van der Waals surface area contributed by atoms with Crippen molar-refractivity contribution in [2.24, 2.45) is 10.9 Å². The molecule has 0 fully saturated rings. The molecule has 0 aliphatic carbocycles. The summed E-state index contributed by atoms with van der Waals surface area (Å²) >= 11 is 1.74. The first-order valence-electron chi connectivity index (χ1n) is 8.16. The Morgan fingerprint density at radius 2 is 1.91 bits per heavy atom. The third-order valence-electron chi connectivity index (χ3n) is 3.25. The SMILES string of the molecule is CCNC(=NCCc1nc(C)c(C)s1)NCCNC(=O)C(C)C. The molecule has 3 N–H and O–H groups in total. The number of aliphatic imine (C=N–C) groups is 1. The van der Waals surface area contributed by atoms with Gasteiger partial charge in [-0.2, -0.15) is 0 Å². The number of aromatic nitrogens is 1. The minimum absolute atomic E-state index is 0.0158. The van der Waals surface area contributed by atoms with Crippen molar-refractivity contribution in [3.05, 3.63) is 15.6 Å². The van der Waals surface area contributed by atoms with Crippen LogP contribution < -0.4 is 16.0 Å². The quantitative estimate of drug-likeness (QED) is 0.382. The summed E-state index contributed by atoms with van der Waals surface area (Å²) in [5, 5.41) is 10.4. The van der Waals surface area contributed by atoms with E-state index in [1.807, 2.05) is 27.7 Å². The number of carbonyl (C=O) groups is 1. The molecule has 1 amide bonds. The molecule has 0 bridgehead atoms. The number of amides is 1. The van der Waals surface area contributed by atoms with Gasteiger partial charge in [-0.05, 0) is 20.8 Å². The lowest BCUT2D eigenvalue weighted by atomic mass is 10.2. The lowest BCUT2D eigenvalue weighted by Crippen LogP contribution is -2.42. The number of hydrogen-bond donors (Lipinski definition) is 3. The maximum Gasteiger partial charge on any atom is 0.222 e. The molecule has 1 aromatic heterocycles. The van der Waals surface area contributed by atoms with E-state index in [9.17, 15) is 4.79 Å². The van der Waals surface area contributed by atoms with Crippen LogP contribution in [0.25, 0.3) is 0 Å². The average molecular weight is 340 g/mol. The van der Waals surface area contributed by atoms with Gasteiger partial charge in [-0.25, -0.2) is 4.98 Å². The van der Waals surface area contributed by atoms with Gasteiger partial charge in [-0.3, -0.25) is 9.79 Å². The van der Waals surface area contributed by atoms with Crippen molar-refractivity contribution < 1.29 is 4.79 Å². The minimum atomic E-state index is 0.0158. The van der Waals surface area contributed by atoms with Gasteiger partial charge in [0.05, 0.1) is 10.7 Å². The molecular weight excluding hydrogens is 310 g/mol. The summed E-state index contributed by atoms with van der Waals surface area (Å²) in [6.07, 6.45) is 0.847. The van der Waals surface area contributed by atoms with Gasteiger partial charge < -0.3 is 16.0 Å². The van der Waals surface area contributed by atoms with Crippen LogP contribution in [0.15, 0.2) is 4.99 Å². The van der Waals surface area contributed by atoms with Gasteiger partial charge in [0.1, 0.15) is 0 Å². The third kappa shape index (κ3) is 7.45. The van der Waals surface area contributed by atoms with Gasteiger partial charge in [0.15, 0.2) is 5.96 Å². The van der Waals surface area contributed by atoms with Gasteiger partial charge in [0.2, 0.25) is 5.91 Å². The van der Waals surface area contributed by atoms with E-state index in [1.165, 1.54) is 4.88 Å². The lowest BCUT2D eigenvalue weighted by Gasteiger charge is -2.12. The van der Waals surface area contributed by atoms with E-state index in [0.717, 1.165) is 29.6 Å². The van der Waals surface area contributed by atoms with Crippen molar-refractivity contribution in [2.75, 3.05) is 26.2 Å². The first kappa shape index (κ1) is 19.4. The zero-order valence-corrected chi connectivity index (χ0v) is 15.6. The van der Waals surface area contributed by atoms with Crippen molar-refractivity contribution in [3.8, 4) is 0 Å². The van der Waals surface area contributed by atoms with Crippen LogP contribution in [0.5, 0.6) is 0 Å². The second-order valence-electron chi connectivity index (χ2n) is 5.63. The second-order valence-corrected chi connectivity index (χ2v) is 6.92. The van der Waals surface area contributed by atoms with E-state index in [4.69, 9.17) is 0 Å². The monoisotopic (exact) mass is 339 g/mol. The fourth-order valence-electron chi connectivity index (χ4n) is 1.82. The predicted molar refractivity (Wildman–Crippen MR) is 97.1 cm³/mol. The minimum Gasteiger partial charge on any atom is -0.357 e. The molecule has 0 unspecified atom stereocenters. The zero-order valence-electron chi connectivity index (χ0n) is 14.8. The zero-order chi connectivity index (χ0) is 17.2. The number of hydrogen-bond acceptors (Lipinski definition) is 4.